The average Bonchev–Trinajstić information content (AvgIpc) is 1.35. The van der Waals surface area contributed by atoms with Crippen molar-refractivity contribution in [2.24, 2.45) is 5.14 Å². The Kier molecular flexibility index (Phi) is 4.73. The van der Waals surface area contributed by atoms with E-state index < -0.39 is 9.92 Å². The summed E-state index contributed by atoms with van der Waals surface area (Å²) in [6, 6.07) is 0. The Bertz CT molecular complexity index is 118. The van der Waals surface area contributed by atoms with Crippen LogP contribution in [0.5, 0.6) is 0 Å². The van der Waals surface area contributed by atoms with Gasteiger partial charge in [0, 0.05) is 5.75 Å². The predicted molar refractivity (Wildman–Crippen MR) is 32.8 cm³/mol. The van der Waals surface area contributed by atoms with Crippen molar-refractivity contribution in [2.45, 2.75) is 6.92 Å². The van der Waals surface area contributed by atoms with Crippen molar-refractivity contribution < 1.29 is 4.21 Å². The SMILES string of the molecule is CCS(=N)(N)=O.Cl. The molecule has 0 aliphatic carbocycles. The molecule has 0 aromatic heterocycles. The van der Waals surface area contributed by atoms with Gasteiger partial charge in [-0.3, -0.25) is 0 Å². The van der Waals surface area contributed by atoms with Crippen LogP contribution >= 0.6 is 12.4 Å². The number of halogens is 1. The molecule has 0 amide bonds. The van der Waals surface area contributed by atoms with Crippen LogP contribution < -0.4 is 5.14 Å². The monoisotopic (exact) mass is 144 g/mol. The Morgan fingerprint density at radius 1 is 1.86 bits per heavy atom. The second-order valence-electron chi connectivity index (χ2n) is 1.01. The summed E-state index contributed by atoms with van der Waals surface area (Å²) >= 11 is 0. The van der Waals surface area contributed by atoms with Gasteiger partial charge in [0.05, 0.1) is 0 Å². The summed E-state index contributed by atoms with van der Waals surface area (Å²) in [5.74, 6) is 0.243. The lowest BCUT2D eigenvalue weighted by Gasteiger charge is -1.86. The van der Waals surface area contributed by atoms with Crippen molar-refractivity contribution in [1.29, 1.82) is 4.78 Å². The van der Waals surface area contributed by atoms with Crippen molar-refractivity contribution in [1.82, 2.24) is 0 Å². The van der Waals surface area contributed by atoms with Crippen molar-refractivity contribution in [3.05, 3.63) is 0 Å². The Morgan fingerprint density at radius 3 is 2.00 bits per heavy atom. The van der Waals surface area contributed by atoms with Crippen molar-refractivity contribution in [2.75, 3.05) is 5.75 Å². The maximum atomic E-state index is 10.0. The zero-order valence-electron chi connectivity index (χ0n) is 4.01. The summed E-state index contributed by atoms with van der Waals surface area (Å²) in [5, 5.41) is 4.73. The highest BCUT2D eigenvalue weighted by Gasteiger charge is 1.85. The fourth-order valence-corrected chi connectivity index (χ4v) is 0. The molecule has 0 aliphatic heterocycles. The summed E-state index contributed by atoms with van der Waals surface area (Å²) in [6.07, 6.45) is 0. The third kappa shape index (κ3) is 10.7. The summed E-state index contributed by atoms with van der Waals surface area (Å²) in [4.78, 5) is 0. The van der Waals surface area contributed by atoms with Crippen LogP contribution in [0.25, 0.3) is 0 Å². The minimum Gasteiger partial charge on any atom is -0.245 e. The van der Waals surface area contributed by atoms with E-state index >= 15 is 0 Å². The molecule has 0 saturated carbocycles. The summed E-state index contributed by atoms with van der Waals surface area (Å²) in [5.41, 5.74) is 0. The minimum atomic E-state index is -2.66. The molecule has 0 radical (unpaired) electrons. The quantitative estimate of drug-likeness (QED) is 0.548. The molecular formula is C2H9ClN2OS. The predicted octanol–water partition coefficient (Wildman–Crippen LogP) is 0.349. The maximum Gasteiger partial charge on any atom is 0.102 e. The Hall–Kier alpha value is 0.200. The molecule has 46 valence electrons. The number of hydrogen-bond donors (Lipinski definition) is 2. The van der Waals surface area contributed by atoms with Crippen LogP contribution in [0.3, 0.4) is 0 Å². The first-order valence-electron chi connectivity index (χ1n) is 1.60. The summed E-state index contributed by atoms with van der Waals surface area (Å²) in [6.45, 7) is 1.62. The second-order valence-corrected chi connectivity index (χ2v) is 3.04. The Morgan fingerprint density at radius 2 is 2.00 bits per heavy atom. The first-order valence-corrected chi connectivity index (χ1v) is 3.39. The number of rotatable bonds is 1. The molecule has 0 heterocycles. The van der Waals surface area contributed by atoms with Crippen molar-refractivity contribution in [3.63, 3.8) is 0 Å². The number of nitrogens with one attached hydrogen (secondary N) is 1. The minimum absolute atomic E-state index is 0. The van der Waals surface area contributed by atoms with Crippen LogP contribution in [-0.4, -0.2) is 9.96 Å². The van der Waals surface area contributed by atoms with E-state index in [1.807, 2.05) is 0 Å². The molecule has 1 atom stereocenters. The highest BCUT2D eigenvalue weighted by molar-refractivity contribution is 7.90. The van der Waals surface area contributed by atoms with Crippen LogP contribution in [0.1, 0.15) is 6.92 Å². The molecule has 1 unspecified atom stereocenters. The van der Waals surface area contributed by atoms with Gasteiger partial charge in [-0.05, 0) is 0 Å². The fourth-order valence-electron chi connectivity index (χ4n) is 0. The first kappa shape index (κ1) is 10.2. The van der Waals surface area contributed by atoms with E-state index in [0.717, 1.165) is 0 Å². The van der Waals surface area contributed by atoms with E-state index in [4.69, 9.17) is 9.92 Å². The molecule has 0 spiro atoms. The third-order valence-electron chi connectivity index (χ3n) is 0.429. The fraction of sp³-hybridized carbons (Fsp3) is 1.00. The van der Waals surface area contributed by atoms with E-state index in [2.05, 4.69) is 0 Å². The lowest BCUT2D eigenvalue weighted by atomic mass is 11.0. The van der Waals surface area contributed by atoms with Gasteiger partial charge in [-0.1, -0.05) is 6.92 Å². The van der Waals surface area contributed by atoms with Crippen LogP contribution in [0, 0.1) is 4.78 Å². The van der Waals surface area contributed by atoms with Gasteiger partial charge < -0.3 is 0 Å². The zero-order valence-corrected chi connectivity index (χ0v) is 5.64. The first-order chi connectivity index (χ1) is 2.56. The van der Waals surface area contributed by atoms with Gasteiger partial charge in [0.25, 0.3) is 0 Å². The second kappa shape index (κ2) is 3.23. The van der Waals surface area contributed by atoms with Gasteiger partial charge in [-0.15, -0.1) is 12.4 Å². The smallest absolute Gasteiger partial charge is 0.102 e. The van der Waals surface area contributed by atoms with E-state index in [1.165, 1.54) is 0 Å². The molecule has 0 bridgehead atoms. The molecule has 3 nitrogen and oxygen atoms in total. The van der Waals surface area contributed by atoms with Gasteiger partial charge in [0.15, 0.2) is 0 Å². The van der Waals surface area contributed by atoms with Crippen LogP contribution in [0.2, 0.25) is 0 Å². The molecule has 0 aromatic carbocycles. The normalized spacial score (nSPS) is 16.9. The van der Waals surface area contributed by atoms with Gasteiger partial charge in [0.2, 0.25) is 0 Å². The molecule has 0 aliphatic rings. The lowest BCUT2D eigenvalue weighted by Crippen LogP contribution is -2.11. The van der Waals surface area contributed by atoms with Crippen LogP contribution in [-0.2, 0) is 9.92 Å². The van der Waals surface area contributed by atoms with E-state index in [1.54, 1.807) is 6.92 Å². The molecule has 0 saturated heterocycles. The molecule has 5 heteroatoms. The van der Waals surface area contributed by atoms with Crippen molar-refractivity contribution >= 4 is 22.3 Å². The van der Waals surface area contributed by atoms with Gasteiger partial charge in [0.1, 0.15) is 9.92 Å². The van der Waals surface area contributed by atoms with E-state index in [9.17, 15) is 4.21 Å². The zero-order chi connectivity index (χ0) is 5.21. The largest absolute Gasteiger partial charge is 0.245 e. The van der Waals surface area contributed by atoms with Crippen LogP contribution in [0.15, 0.2) is 0 Å². The van der Waals surface area contributed by atoms with Gasteiger partial charge in [-0.2, -0.15) is 0 Å². The topological polar surface area (TPSA) is 66.9 Å². The average molecular weight is 145 g/mol. The van der Waals surface area contributed by atoms with Crippen LogP contribution in [0.4, 0.5) is 0 Å². The summed E-state index contributed by atoms with van der Waals surface area (Å²) in [7, 11) is -2.66. The standard InChI is InChI=1S/C2H8N2OS.ClH/c1-2-6(3,4)5;/h2H2,1H3,(H3,3,4,5);1H. The Balaban J connectivity index is 0. The molecule has 7 heavy (non-hydrogen) atoms. The number of hydrogen-bond acceptors (Lipinski definition) is 2. The highest BCUT2D eigenvalue weighted by atomic mass is 35.5. The number of nitrogens with two attached hydrogens (primary N) is 1. The van der Waals surface area contributed by atoms with Gasteiger partial charge in [-0.25, -0.2) is 14.1 Å². The summed E-state index contributed by atoms with van der Waals surface area (Å²) < 4.78 is 16.5. The van der Waals surface area contributed by atoms with E-state index in [-0.39, 0.29) is 18.2 Å². The molecule has 0 fully saturated rings. The molecule has 0 rings (SSSR count). The van der Waals surface area contributed by atoms with Crippen molar-refractivity contribution in [3.8, 4) is 0 Å². The van der Waals surface area contributed by atoms with Gasteiger partial charge >= 0.3 is 0 Å². The Labute approximate surface area is 49.8 Å². The maximum absolute atomic E-state index is 10.0. The molecular weight excluding hydrogens is 136 g/mol. The third-order valence-corrected chi connectivity index (χ3v) is 1.29. The lowest BCUT2D eigenvalue weighted by molar-refractivity contribution is 0.677. The van der Waals surface area contributed by atoms with E-state index in [0.29, 0.717) is 0 Å². The highest BCUT2D eigenvalue weighted by Crippen LogP contribution is 1.71. The molecule has 0 aromatic rings. The molecule has 3 N–H and O–H groups in total.